The summed E-state index contributed by atoms with van der Waals surface area (Å²) in [6.07, 6.45) is 1.53. The van der Waals surface area contributed by atoms with Crippen molar-refractivity contribution in [3.63, 3.8) is 0 Å². The number of nitrogens with zero attached hydrogens (tertiary/aromatic N) is 3. The second kappa shape index (κ2) is 5.64. The van der Waals surface area contributed by atoms with Crippen LogP contribution >= 0.6 is 0 Å². The lowest BCUT2D eigenvalue weighted by Crippen LogP contribution is -2.26. The number of hydrogen-bond acceptors (Lipinski definition) is 4. The highest BCUT2D eigenvalue weighted by Crippen LogP contribution is 1.86. The number of rotatable bonds is 4. The molecule has 0 amide bonds. The van der Waals surface area contributed by atoms with E-state index in [1.807, 2.05) is 0 Å². The third kappa shape index (κ3) is 3.52. The van der Waals surface area contributed by atoms with Gasteiger partial charge in [-0.1, -0.05) is 6.07 Å². The van der Waals surface area contributed by atoms with Crippen molar-refractivity contribution in [1.82, 2.24) is 4.57 Å². The Morgan fingerprint density at radius 3 is 3.00 bits per heavy atom. The number of carbonyl (C=O) groups excluding carboxylic acids is 1. The Kier molecular flexibility index (Phi) is 4.19. The molecular formula is C9H11N3O4. The molecule has 1 heterocycles. The van der Waals surface area contributed by atoms with E-state index in [2.05, 4.69) is 5.10 Å². The van der Waals surface area contributed by atoms with Crippen LogP contribution in [0, 0.1) is 10.1 Å². The SMILES string of the molecule is CCOC(=O)Cn1cccc/c1=N\[N+](=O)[O-]. The largest absolute Gasteiger partial charge is 0.465 e. The molecule has 1 aromatic rings. The van der Waals surface area contributed by atoms with Crippen molar-refractivity contribution in [3.8, 4) is 0 Å². The van der Waals surface area contributed by atoms with Crippen molar-refractivity contribution in [2.24, 2.45) is 5.10 Å². The van der Waals surface area contributed by atoms with Crippen molar-refractivity contribution in [3.05, 3.63) is 40.0 Å². The van der Waals surface area contributed by atoms with Gasteiger partial charge in [-0.2, -0.15) is 0 Å². The zero-order valence-electron chi connectivity index (χ0n) is 8.70. The van der Waals surface area contributed by atoms with Crippen LogP contribution in [0.15, 0.2) is 29.5 Å². The minimum Gasteiger partial charge on any atom is -0.465 e. The fourth-order valence-electron chi connectivity index (χ4n) is 1.12. The smallest absolute Gasteiger partial charge is 0.326 e. The van der Waals surface area contributed by atoms with E-state index in [1.165, 1.54) is 16.8 Å². The first-order valence-corrected chi connectivity index (χ1v) is 4.63. The van der Waals surface area contributed by atoms with Gasteiger partial charge in [0.15, 0.2) is 5.03 Å². The van der Waals surface area contributed by atoms with E-state index in [4.69, 9.17) is 4.74 Å². The molecular weight excluding hydrogens is 214 g/mol. The van der Waals surface area contributed by atoms with Crippen molar-refractivity contribution >= 4 is 5.97 Å². The molecule has 0 bridgehead atoms. The summed E-state index contributed by atoms with van der Waals surface area (Å²) < 4.78 is 6.08. The Balaban J connectivity index is 2.96. The molecule has 0 saturated carbocycles. The first-order chi connectivity index (χ1) is 7.63. The summed E-state index contributed by atoms with van der Waals surface area (Å²) in [5, 5.41) is 12.6. The molecule has 7 heteroatoms. The molecule has 0 spiro atoms. The van der Waals surface area contributed by atoms with E-state index in [-0.39, 0.29) is 18.6 Å². The molecule has 1 aromatic heterocycles. The zero-order valence-corrected chi connectivity index (χ0v) is 8.70. The van der Waals surface area contributed by atoms with Gasteiger partial charge in [-0.05, 0) is 19.1 Å². The number of hydrogen-bond donors (Lipinski definition) is 0. The summed E-state index contributed by atoms with van der Waals surface area (Å²) in [5.74, 6) is -0.460. The fraction of sp³-hybridized carbons (Fsp3) is 0.333. The third-order valence-corrected chi connectivity index (χ3v) is 1.71. The van der Waals surface area contributed by atoms with Crippen molar-refractivity contribution < 1.29 is 14.6 Å². The van der Waals surface area contributed by atoms with E-state index in [1.54, 1.807) is 19.1 Å². The topological polar surface area (TPSA) is 86.7 Å². The highest BCUT2D eigenvalue weighted by Gasteiger charge is 2.04. The monoisotopic (exact) mass is 225 g/mol. The Hall–Kier alpha value is -2.18. The van der Waals surface area contributed by atoms with Crippen LogP contribution < -0.4 is 5.49 Å². The first kappa shape index (κ1) is 11.9. The molecule has 7 nitrogen and oxygen atoms in total. The second-order valence-electron chi connectivity index (χ2n) is 2.83. The van der Waals surface area contributed by atoms with Gasteiger partial charge in [0.25, 0.3) is 0 Å². The molecule has 0 radical (unpaired) electrons. The van der Waals surface area contributed by atoms with Gasteiger partial charge in [0.05, 0.1) is 11.7 Å². The Bertz CT molecular complexity index is 452. The molecule has 0 aliphatic rings. The molecule has 0 unspecified atom stereocenters. The van der Waals surface area contributed by atoms with Crippen molar-refractivity contribution in [1.29, 1.82) is 0 Å². The molecule has 86 valence electrons. The highest BCUT2D eigenvalue weighted by atomic mass is 16.7. The zero-order chi connectivity index (χ0) is 12.0. The minimum atomic E-state index is -0.809. The summed E-state index contributed by atoms with van der Waals surface area (Å²) >= 11 is 0. The summed E-state index contributed by atoms with van der Waals surface area (Å²) in [6.45, 7) is 1.87. The number of ether oxygens (including phenoxy) is 1. The van der Waals surface area contributed by atoms with Gasteiger partial charge in [-0.3, -0.25) is 4.79 Å². The lowest BCUT2D eigenvalue weighted by atomic mass is 10.4. The van der Waals surface area contributed by atoms with Crippen LogP contribution in [0.3, 0.4) is 0 Å². The number of carbonyl (C=O) groups is 1. The summed E-state index contributed by atoms with van der Waals surface area (Å²) in [5.41, 5.74) is 0.0977. The predicted octanol–water partition coefficient (Wildman–Crippen LogP) is 0.144. The van der Waals surface area contributed by atoms with E-state index >= 15 is 0 Å². The van der Waals surface area contributed by atoms with E-state index < -0.39 is 11.0 Å². The molecule has 0 aromatic carbocycles. The van der Waals surface area contributed by atoms with Gasteiger partial charge in [0.1, 0.15) is 6.54 Å². The van der Waals surface area contributed by atoms with Crippen LogP contribution in [0.1, 0.15) is 6.92 Å². The summed E-state index contributed by atoms with van der Waals surface area (Å²) in [7, 11) is 0. The van der Waals surface area contributed by atoms with Crippen LogP contribution in [-0.4, -0.2) is 22.2 Å². The van der Waals surface area contributed by atoms with Crippen LogP contribution in [0.4, 0.5) is 0 Å². The first-order valence-electron chi connectivity index (χ1n) is 4.63. The number of esters is 1. The van der Waals surface area contributed by atoms with Crippen LogP contribution in [0.5, 0.6) is 0 Å². The number of pyridine rings is 1. The maximum atomic E-state index is 11.2. The molecule has 0 aliphatic carbocycles. The molecule has 0 saturated heterocycles. The van der Waals surface area contributed by atoms with Crippen LogP contribution in [0.25, 0.3) is 0 Å². The maximum absolute atomic E-state index is 11.2. The Labute approximate surface area is 91.1 Å². The Morgan fingerprint density at radius 2 is 2.38 bits per heavy atom. The van der Waals surface area contributed by atoms with Gasteiger partial charge >= 0.3 is 5.97 Å². The second-order valence-corrected chi connectivity index (χ2v) is 2.83. The van der Waals surface area contributed by atoms with Gasteiger partial charge in [0.2, 0.25) is 5.49 Å². The van der Waals surface area contributed by atoms with Crippen molar-refractivity contribution in [2.45, 2.75) is 13.5 Å². The predicted molar refractivity (Wildman–Crippen MR) is 53.6 cm³/mol. The fourth-order valence-corrected chi connectivity index (χ4v) is 1.12. The molecule has 0 atom stereocenters. The molecule has 0 aliphatic heterocycles. The van der Waals surface area contributed by atoms with Crippen LogP contribution in [0.2, 0.25) is 0 Å². The van der Waals surface area contributed by atoms with E-state index in [9.17, 15) is 14.9 Å². The average molecular weight is 225 g/mol. The maximum Gasteiger partial charge on any atom is 0.326 e. The van der Waals surface area contributed by atoms with Gasteiger partial charge in [-0.25, -0.2) is 10.1 Å². The third-order valence-electron chi connectivity index (χ3n) is 1.71. The molecule has 16 heavy (non-hydrogen) atoms. The van der Waals surface area contributed by atoms with E-state index in [0.717, 1.165) is 0 Å². The number of aromatic nitrogens is 1. The lowest BCUT2D eigenvalue weighted by molar-refractivity contribution is -0.490. The standard InChI is InChI=1S/C9H11N3O4/c1-2-16-9(13)7-11-6-4-3-5-8(11)10-12(14)15/h3-6H,2,7H2,1H3/b10-8+. The molecule has 0 fully saturated rings. The average Bonchev–Trinajstić information content (AvgIpc) is 2.20. The van der Waals surface area contributed by atoms with Crippen molar-refractivity contribution in [2.75, 3.05) is 6.61 Å². The van der Waals surface area contributed by atoms with Gasteiger partial charge in [-0.15, -0.1) is 0 Å². The summed E-state index contributed by atoms with van der Waals surface area (Å²) in [4.78, 5) is 21.4. The molecule has 0 N–H and O–H groups in total. The van der Waals surface area contributed by atoms with Gasteiger partial charge in [0, 0.05) is 6.20 Å². The minimum absolute atomic E-state index is 0.0959. The lowest BCUT2D eigenvalue weighted by Gasteiger charge is -2.04. The number of nitro groups is 1. The quantitative estimate of drug-likeness (QED) is 0.414. The summed E-state index contributed by atoms with van der Waals surface area (Å²) in [6, 6.07) is 4.70. The normalized spacial score (nSPS) is 11.2. The van der Waals surface area contributed by atoms with Gasteiger partial charge < -0.3 is 9.30 Å². The highest BCUT2D eigenvalue weighted by molar-refractivity contribution is 5.69. The Morgan fingerprint density at radius 1 is 1.62 bits per heavy atom. The molecule has 1 rings (SSSR count). The van der Waals surface area contributed by atoms with E-state index in [0.29, 0.717) is 0 Å². The van der Waals surface area contributed by atoms with Crippen LogP contribution in [-0.2, 0) is 16.1 Å².